The Bertz CT molecular complexity index is 831. The summed E-state index contributed by atoms with van der Waals surface area (Å²) in [5, 5.41) is 2.41. The van der Waals surface area contributed by atoms with Gasteiger partial charge in [0.25, 0.3) is 5.91 Å². The number of hydrogen-bond acceptors (Lipinski definition) is 3. The fourth-order valence-corrected chi connectivity index (χ4v) is 2.63. The molecule has 0 heterocycles. The number of nitrogens with two attached hydrogens (primary N) is 1. The van der Waals surface area contributed by atoms with Crippen molar-refractivity contribution < 1.29 is 14.4 Å². The van der Waals surface area contributed by atoms with Crippen LogP contribution in [0.5, 0.6) is 0 Å². The summed E-state index contributed by atoms with van der Waals surface area (Å²) in [7, 11) is 1.39. The van der Waals surface area contributed by atoms with Gasteiger partial charge in [0.2, 0.25) is 5.91 Å². The van der Waals surface area contributed by atoms with Gasteiger partial charge in [-0.3, -0.25) is 9.59 Å². The van der Waals surface area contributed by atoms with Crippen LogP contribution in [0.15, 0.2) is 60.7 Å². The number of nitrogens with zero attached hydrogens (tertiary/aromatic N) is 1. The van der Waals surface area contributed by atoms with Gasteiger partial charge in [0.15, 0.2) is 0 Å². The van der Waals surface area contributed by atoms with Gasteiger partial charge in [-0.25, -0.2) is 9.69 Å². The summed E-state index contributed by atoms with van der Waals surface area (Å²) in [6.45, 7) is 1.86. The van der Waals surface area contributed by atoms with Crippen LogP contribution in [0.2, 0.25) is 0 Å². The van der Waals surface area contributed by atoms with E-state index < -0.39 is 23.9 Å². The number of imide groups is 1. The zero-order valence-corrected chi connectivity index (χ0v) is 14.7. The molecule has 2 aromatic carbocycles. The third-order valence-electron chi connectivity index (χ3n) is 3.79. The number of primary amides is 1. The standard InChI is InChI=1S/C20H21N3O3/c1-3-8-14-9-7-12-16(13-14)19(25)23(20(26)22-2)17(18(21)24)15-10-5-4-6-11-15/h3-13,17H,1-2H3,(H2,21,24)(H,22,26)/b8-3+. The molecule has 0 aliphatic heterocycles. The minimum atomic E-state index is -1.21. The predicted octanol–water partition coefficient (Wildman–Crippen LogP) is 2.73. The lowest BCUT2D eigenvalue weighted by Gasteiger charge is -2.28. The van der Waals surface area contributed by atoms with Gasteiger partial charge in [0.05, 0.1) is 0 Å². The average Bonchev–Trinajstić information content (AvgIpc) is 2.65. The molecule has 134 valence electrons. The van der Waals surface area contributed by atoms with Crippen molar-refractivity contribution in [2.24, 2.45) is 5.73 Å². The summed E-state index contributed by atoms with van der Waals surface area (Å²) in [4.78, 5) is 38.4. The number of nitrogens with one attached hydrogen (secondary N) is 1. The second kappa shape index (κ2) is 8.62. The lowest BCUT2D eigenvalue weighted by molar-refractivity contribution is -0.121. The molecule has 1 unspecified atom stereocenters. The molecule has 2 rings (SSSR count). The maximum atomic E-state index is 13.1. The molecule has 4 amide bonds. The largest absolute Gasteiger partial charge is 0.368 e. The van der Waals surface area contributed by atoms with Gasteiger partial charge >= 0.3 is 6.03 Å². The Labute approximate surface area is 152 Å². The molecule has 0 saturated heterocycles. The van der Waals surface area contributed by atoms with Crippen LogP contribution in [0.25, 0.3) is 6.08 Å². The molecule has 0 aliphatic rings. The Morgan fingerprint density at radius 3 is 2.35 bits per heavy atom. The molecule has 0 bridgehead atoms. The second-order valence-electron chi connectivity index (χ2n) is 5.57. The van der Waals surface area contributed by atoms with Crippen molar-refractivity contribution in [2.45, 2.75) is 13.0 Å². The van der Waals surface area contributed by atoms with Crippen LogP contribution in [-0.2, 0) is 4.79 Å². The zero-order chi connectivity index (χ0) is 19.1. The van der Waals surface area contributed by atoms with E-state index in [0.717, 1.165) is 10.5 Å². The first-order valence-electron chi connectivity index (χ1n) is 8.12. The molecule has 0 aliphatic carbocycles. The minimum absolute atomic E-state index is 0.284. The Balaban J connectivity index is 2.52. The molecule has 2 aromatic rings. The van der Waals surface area contributed by atoms with E-state index in [1.165, 1.54) is 7.05 Å². The monoisotopic (exact) mass is 351 g/mol. The van der Waals surface area contributed by atoms with Crippen molar-refractivity contribution in [2.75, 3.05) is 7.05 Å². The molecule has 0 radical (unpaired) electrons. The normalized spacial score (nSPS) is 11.8. The van der Waals surface area contributed by atoms with Crippen LogP contribution < -0.4 is 11.1 Å². The quantitative estimate of drug-likeness (QED) is 0.867. The third kappa shape index (κ3) is 4.16. The van der Waals surface area contributed by atoms with Crippen LogP contribution in [0, 0.1) is 0 Å². The number of benzene rings is 2. The van der Waals surface area contributed by atoms with Crippen molar-refractivity contribution in [1.82, 2.24) is 10.2 Å². The lowest BCUT2D eigenvalue weighted by Crippen LogP contribution is -2.48. The highest BCUT2D eigenvalue weighted by Gasteiger charge is 2.35. The van der Waals surface area contributed by atoms with E-state index in [0.29, 0.717) is 5.56 Å². The molecule has 26 heavy (non-hydrogen) atoms. The Hall–Kier alpha value is -3.41. The van der Waals surface area contributed by atoms with E-state index in [1.807, 2.05) is 25.1 Å². The minimum Gasteiger partial charge on any atom is -0.368 e. The molecule has 0 fully saturated rings. The maximum Gasteiger partial charge on any atom is 0.325 e. The number of carbonyl (C=O) groups excluding carboxylic acids is 3. The predicted molar refractivity (Wildman–Crippen MR) is 100 cm³/mol. The fourth-order valence-electron chi connectivity index (χ4n) is 2.63. The number of urea groups is 1. The second-order valence-corrected chi connectivity index (χ2v) is 5.57. The number of hydrogen-bond donors (Lipinski definition) is 2. The molecular weight excluding hydrogens is 330 g/mol. The molecule has 0 saturated carbocycles. The topological polar surface area (TPSA) is 92.5 Å². The zero-order valence-electron chi connectivity index (χ0n) is 14.7. The van der Waals surface area contributed by atoms with E-state index in [1.54, 1.807) is 48.5 Å². The highest BCUT2D eigenvalue weighted by atomic mass is 16.2. The average molecular weight is 351 g/mol. The molecule has 6 heteroatoms. The Kier molecular flexibility index (Phi) is 6.27. The van der Waals surface area contributed by atoms with Gasteiger partial charge in [-0.1, -0.05) is 54.6 Å². The summed E-state index contributed by atoms with van der Waals surface area (Å²) < 4.78 is 0. The first kappa shape index (κ1) is 18.9. The molecule has 0 aromatic heterocycles. The van der Waals surface area contributed by atoms with Crippen molar-refractivity contribution in [3.8, 4) is 0 Å². The lowest BCUT2D eigenvalue weighted by atomic mass is 10.0. The van der Waals surface area contributed by atoms with Crippen LogP contribution >= 0.6 is 0 Å². The van der Waals surface area contributed by atoms with Crippen LogP contribution in [0.4, 0.5) is 4.79 Å². The smallest absolute Gasteiger partial charge is 0.325 e. The van der Waals surface area contributed by atoms with E-state index in [4.69, 9.17) is 5.73 Å². The number of amides is 4. The molecule has 1 atom stereocenters. The Morgan fingerprint density at radius 1 is 1.08 bits per heavy atom. The summed E-state index contributed by atoms with van der Waals surface area (Å²) in [5.74, 6) is -1.40. The van der Waals surface area contributed by atoms with Gasteiger partial charge in [-0.2, -0.15) is 0 Å². The summed E-state index contributed by atoms with van der Waals surface area (Å²) in [5.41, 5.74) is 7.09. The number of carbonyl (C=O) groups is 3. The molecule has 0 spiro atoms. The van der Waals surface area contributed by atoms with Crippen molar-refractivity contribution >= 4 is 23.9 Å². The van der Waals surface area contributed by atoms with Crippen molar-refractivity contribution in [3.05, 3.63) is 77.4 Å². The summed E-state index contributed by atoms with van der Waals surface area (Å²) in [6.07, 6.45) is 3.68. The first-order valence-corrected chi connectivity index (χ1v) is 8.12. The van der Waals surface area contributed by atoms with E-state index in [-0.39, 0.29) is 5.56 Å². The van der Waals surface area contributed by atoms with Crippen LogP contribution in [0.1, 0.15) is 34.5 Å². The number of allylic oxidation sites excluding steroid dienone is 1. The van der Waals surface area contributed by atoms with E-state index >= 15 is 0 Å². The Morgan fingerprint density at radius 2 is 1.77 bits per heavy atom. The van der Waals surface area contributed by atoms with Crippen molar-refractivity contribution in [3.63, 3.8) is 0 Å². The SMILES string of the molecule is C/C=C/c1cccc(C(=O)N(C(=O)NC)C(C(N)=O)c2ccccc2)c1. The van der Waals surface area contributed by atoms with Crippen LogP contribution in [-0.4, -0.2) is 29.8 Å². The maximum absolute atomic E-state index is 13.1. The molecular formula is C20H21N3O3. The van der Waals surface area contributed by atoms with Gasteiger partial charge < -0.3 is 11.1 Å². The van der Waals surface area contributed by atoms with Gasteiger partial charge in [0, 0.05) is 12.6 Å². The third-order valence-corrected chi connectivity index (χ3v) is 3.79. The van der Waals surface area contributed by atoms with E-state index in [2.05, 4.69) is 5.32 Å². The van der Waals surface area contributed by atoms with Gasteiger partial charge in [-0.15, -0.1) is 0 Å². The summed E-state index contributed by atoms with van der Waals surface area (Å²) in [6, 6.07) is 13.4. The summed E-state index contributed by atoms with van der Waals surface area (Å²) >= 11 is 0. The highest BCUT2D eigenvalue weighted by molar-refractivity contribution is 6.07. The molecule has 6 nitrogen and oxygen atoms in total. The van der Waals surface area contributed by atoms with Gasteiger partial charge in [0.1, 0.15) is 6.04 Å². The van der Waals surface area contributed by atoms with Gasteiger partial charge in [-0.05, 0) is 30.2 Å². The first-order chi connectivity index (χ1) is 12.5. The fraction of sp³-hybridized carbons (Fsp3) is 0.150. The van der Waals surface area contributed by atoms with Crippen LogP contribution in [0.3, 0.4) is 0 Å². The number of rotatable bonds is 5. The van der Waals surface area contributed by atoms with Crippen molar-refractivity contribution in [1.29, 1.82) is 0 Å². The van der Waals surface area contributed by atoms with E-state index in [9.17, 15) is 14.4 Å². The molecule has 3 N–H and O–H groups in total. The highest BCUT2D eigenvalue weighted by Crippen LogP contribution is 2.23.